The standard InChI is InChI=1S/C18H14BrClN2O/c1-21-17-11-14(19)6-9-16(17)22(12-18(21)23)10-2-3-13-4-7-15(20)8-5-13/h4-9,11H,10,12H2,1H3. The van der Waals surface area contributed by atoms with E-state index in [-0.39, 0.29) is 5.91 Å². The lowest BCUT2D eigenvalue weighted by molar-refractivity contribution is -0.117. The van der Waals surface area contributed by atoms with Crippen LogP contribution in [0.5, 0.6) is 0 Å². The van der Waals surface area contributed by atoms with Gasteiger partial charge < -0.3 is 9.80 Å². The van der Waals surface area contributed by atoms with Gasteiger partial charge in [0.05, 0.1) is 24.5 Å². The molecule has 2 aromatic rings. The summed E-state index contributed by atoms with van der Waals surface area (Å²) in [6, 6.07) is 13.3. The molecule has 1 amide bonds. The summed E-state index contributed by atoms with van der Waals surface area (Å²) in [4.78, 5) is 15.8. The first-order valence-electron chi connectivity index (χ1n) is 7.10. The van der Waals surface area contributed by atoms with Crippen molar-refractivity contribution in [3.05, 3.63) is 57.5 Å². The highest BCUT2D eigenvalue weighted by atomic mass is 79.9. The number of amides is 1. The van der Waals surface area contributed by atoms with Gasteiger partial charge in [0.25, 0.3) is 0 Å². The third kappa shape index (κ3) is 3.52. The van der Waals surface area contributed by atoms with Crippen LogP contribution in [0.4, 0.5) is 11.4 Å². The highest BCUT2D eigenvalue weighted by molar-refractivity contribution is 9.10. The summed E-state index contributed by atoms with van der Waals surface area (Å²) < 4.78 is 0.949. The molecule has 1 aliphatic heterocycles. The average molecular weight is 390 g/mol. The molecule has 0 radical (unpaired) electrons. The van der Waals surface area contributed by atoms with Crippen molar-refractivity contribution in [1.29, 1.82) is 0 Å². The van der Waals surface area contributed by atoms with E-state index in [1.165, 1.54) is 0 Å². The summed E-state index contributed by atoms with van der Waals surface area (Å²) in [5.41, 5.74) is 2.82. The van der Waals surface area contributed by atoms with E-state index in [2.05, 4.69) is 27.8 Å². The van der Waals surface area contributed by atoms with Crippen molar-refractivity contribution in [3.63, 3.8) is 0 Å². The quantitative estimate of drug-likeness (QED) is 0.690. The molecule has 0 N–H and O–H groups in total. The van der Waals surface area contributed by atoms with E-state index in [0.29, 0.717) is 18.1 Å². The highest BCUT2D eigenvalue weighted by Gasteiger charge is 2.26. The van der Waals surface area contributed by atoms with Gasteiger partial charge in [-0.3, -0.25) is 4.79 Å². The van der Waals surface area contributed by atoms with Crippen LogP contribution in [-0.4, -0.2) is 26.0 Å². The third-order valence-corrected chi connectivity index (χ3v) is 4.43. The SMILES string of the molecule is CN1C(=O)CN(CC#Cc2ccc(Cl)cc2)c2ccc(Br)cc21. The zero-order valence-corrected chi connectivity index (χ0v) is 14.9. The molecule has 3 rings (SSSR count). The van der Waals surface area contributed by atoms with Crippen molar-refractivity contribution in [2.45, 2.75) is 0 Å². The topological polar surface area (TPSA) is 23.6 Å². The zero-order chi connectivity index (χ0) is 16.4. The maximum atomic E-state index is 12.2. The molecule has 5 heteroatoms. The molecule has 1 heterocycles. The van der Waals surface area contributed by atoms with Crippen molar-refractivity contribution in [3.8, 4) is 11.8 Å². The number of rotatable bonds is 1. The van der Waals surface area contributed by atoms with E-state index in [1.54, 1.807) is 11.9 Å². The Labute approximate surface area is 149 Å². The molecule has 23 heavy (non-hydrogen) atoms. The maximum Gasteiger partial charge on any atom is 0.246 e. The Bertz CT molecular complexity index is 808. The van der Waals surface area contributed by atoms with Crippen LogP contribution in [0.3, 0.4) is 0 Å². The minimum absolute atomic E-state index is 0.0592. The van der Waals surface area contributed by atoms with Crippen molar-refractivity contribution < 1.29 is 4.79 Å². The van der Waals surface area contributed by atoms with Gasteiger partial charge in [0.2, 0.25) is 5.91 Å². The van der Waals surface area contributed by atoms with Crippen LogP contribution in [0.2, 0.25) is 5.02 Å². The van der Waals surface area contributed by atoms with E-state index >= 15 is 0 Å². The fraction of sp³-hybridized carbons (Fsp3) is 0.167. The number of fused-ring (bicyclic) bond motifs is 1. The first kappa shape index (κ1) is 15.9. The largest absolute Gasteiger partial charge is 0.349 e. The second-order valence-corrected chi connectivity index (χ2v) is 6.60. The number of benzene rings is 2. The molecular formula is C18H14BrClN2O. The third-order valence-electron chi connectivity index (χ3n) is 3.69. The van der Waals surface area contributed by atoms with Crippen molar-refractivity contribution >= 4 is 44.8 Å². The second-order valence-electron chi connectivity index (χ2n) is 5.25. The van der Waals surface area contributed by atoms with Gasteiger partial charge in [-0.2, -0.15) is 0 Å². The number of anilines is 2. The normalized spacial score (nSPS) is 13.4. The molecule has 2 aromatic carbocycles. The molecule has 1 aliphatic rings. The van der Waals surface area contributed by atoms with Gasteiger partial charge in [0.15, 0.2) is 0 Å². The van der Waals surface area contributed by atoms with Crippen LogP contribution in [0.15, 0.2) is 46.9 Å². The number of carbonyl (C=O) groups excluding carboxylic acids is 1. The summed E-state index contributed by atoms with van der Waals surface area (Å²) >= 11 is 9.32. The number of hydrogen-bond acceptors (Lipinski definition) is 2. The van der Waals surface area contributed by atoms with E-state index in [0.717, 1.165) is 21.4 Å². The van der Waals surface area contributed by atoms with Crippen LogP contribution in [0.25, 0.3) is 0 Å². The lowest BCUT2D eigenvalue weighted by atomic mass is 10.1. The van der Waals surface area contributed by atoms with E-state index in [1.807, 2.05) is 47.4 Å². The molecule has 0 atom stereocenters. The molecular weight excluding hydrogens is 376 g/mol. The van der Waals surface area contributed by atoms with Gasteiger partial charge in [-0.15, -0.1) is 0 Å². The summed E-state index contributed by atoms with van der Waals surface area (Å²) in [5, 5.41) is 0.694. The monoisotopic (exact) mass is 388 g/mol. The molecule has 0 spiro atoms. The number of likely N-dealkylation sites (N-methyl/N-ethyl adjacent to an activating group) is 1. The minimum Gasteiger partial charge on any atom is -0.349 e. The van der Waals surface area contributed by atoms with Gasteiger partial charge in [0, 0.05) is 22.1 Å². The van der Waals surface area contributed by atoms with E-state index in [4.69, 9.17) is 11.6 Å². The Kier molecular flexibility index (Phi) is 4.61. The Balaban J connectivity index is 1.83. The Morgan fingerprint density at radius 3 is 2.65 bits per heavy atom. The van der Waals surface area contributed by atoms with Gasteiger partial charge in [-0.05, 0) is 42.5 Å². The fourth-order valence-electron chi connectivity index (χ4n) is 2.43. The molecule has 0 bridgehead atoms. The van der Waals surface area contributed by atoms with Crippen LogP contribution < -0.4 is 9.80 Å². The predicted octanol–water partition coefficient (Wildman–Crippen LogP) is 3.94. The predicted molar refractivity (Wildman–Crippen MR) is 98.1 cm³/mol. The van der Waals surface area contributed by atoms with Crippen LogP contribution in [0, 0.1) is 11.8 Å². The Hall–Kier alpha value is -1.96. The average Bonchev–Trinajstić information content (AvgIpc) is 2.54. The van der Waals surface area contributed by atoms with Crippen LogP contribution in [0.1, 0.15) is 5.56 Å². The molecule has 0 unspecified atom stereocenters. The number of carbonyl (C=O) groups is 1. The molecule has 116 valence electrons. The summed E-state index contributed by atoms with van der Waals surface area (Å²) in [7, 11) is 1.80. The lowest BCUT2D eigenvalue weighted by Crippen LogP contribution is -2.44. The molecule has 3 nitrogen and oxygen atoms in total. The molecule has 0 aromatic heterocycles. The van der Waals surface area contributed by atoms with Crippen molar-refractivity contribution in [2.24, 2.45) is 0 Å². The summed E-state index contributed by atoms with van der Waals surface area (Å²) in [5.74, 6) is 6.29. The van der Waals surface area contributed by atoms with Crippen LogP contribution in [-0.2, 0) is 4.79 Å². The van der Waals surface area contributed by atoms with Gasteiger partial charge >= 0.3 is 0 Å². The van der Waals surface area contributed by atoms with Crippen molar-refractivity contribution in [1.82, 2.24) is 0 Å². The maximum absolute atomic E-state index is 12.2. The highest BCUT2D eigenvalue weighted by Crippen LogP contribution is 2.34. The number of halogens is 2. The Morgan fingerprint density at radius 2 is 1.91 bits per heavy atom. The van der Waals surface area contributed by atoms with Gasteiger partial charge in [0.1, 0.15) is 0 Å². The fourth-order valence-corrected chi connectivity index (χ4v) is 2.91. The summed E-state index contributed by atoms with van der Waals surface area (Å²) in [6.07, 6.45) is 0. The van der Waals surface area contributed by atoms with Gasteiger partial charge in [-0.1, -0.05) is 39.4 Å². The number of hydrogen-bond donors (Lipinski definition) is 0. The van der Waals surface area contributed by atoms with Crippen LogP contribution >= 0.6 is 27.5 Å². The molecule has 0 fully saturated rings. The number of nitrogens with zero attached hydrogens (tertiary/aromatic N) is 2. The second kappa shape index (κ2) is 6.66. The smallest absolute Gasteiger partial charge is 0.246 e. The molecule has 0 saturated carbocycles. The summed E-state index contributed by atoms with van der Waals surface area (Å²) in [6.45, 7) is 0.831. The van der Waals surface area contributed by atoms with E-state index in [9.17, 15) is 4.79 Å². The minimum atomic E-state index is 0.0592. The molecule has 0 aliphatic carbocycles. The Morgan fingerprint density at radius 1 is 1.17 bits per heavy atom. The van der Waals surface area contributed by atoms with Crippen molar-refractivity contribution in [2.75, 3.05) is 29.9 Å². The lowest BCUT2D eigenvalue weighted by Gasteiger charge is -2.34. The van der Waals surface area contributed by atoms with E-state index < -0.39 is 0 Å². The van der Waals surface area contributed by atoms with Gasteiger partial charge in [-0.25, -0.2) is 0 Å². The first-order chi connectivity index (χ1) is 11.0. The zero-order valence-electron chi connectivity index (χ0n) is 12.5. The molecule has 0 saturated heterocycles. The first-order valence-corrected chi connectivity index (χ1v) is 8.27.